The smallest absolute Gasteiger partial charge is 0.271 e. The molecule has 0 saturated heterocycles. The Hall–Kier alpha value is -3.81. The lowest BCUT2D eigenvalue weighted by Crippen LogP contribution is -2.64. The summed E-state index contributed by atoms with van der Waals surface area (Å²) in [5.41, 5.74) is 1.25. The van der Waals surface area contributed by atoms with Crippen molar-refractivity contribution < 1.29 is 19.1 Å². The lowest BCUT2D eigenvalue weighted by molar-refractivity contribution is -0.134. The molecule has 0 aliphatic carbocycles. The van der Waals surface area contributed by atoms with Crippen molar-refractivity contribution in [3.63, 3.8) is 0 Å². The minimum atomic E-state index is -1.12. The summed E-state index contributed by atoms with van der Waals surface area (Å²) in [6, 6.07) is 17.0. The number of benzene rings is 2. The monoisotopic (exact) mass is 448 g/mol. The molecule has 8 nitrogen and oxygen atoms in total. The highest BCUT2D eigenvalue weighted by Gasteiger charge is 2.46. The maximum Gasteiger partial charge on any atom is 0.271 e. The number of aromatic nitrogens is 1. The predicted octanol–water partition coefficient (Wildman–Crippen LogP) is 2.32. The van der Waals surface area contributed by atoms with Gasteiger partial charge in [-0.3, -0.25) is 14.4 Å². The Morgan fingerprint density at radius 2 is 1.88 bits per heavy atom. The number of carbonyl (C=O) groups is 3. The summed E-state index contributed by atoms with van der Waals surface area (Å²) >= 11 is 0. The molecule has 0 unspecified atom stereocenters. The summed E-state index contributed by atoms with van der Waals surface area (Å²) in [4.78, 5) is 40.4. The van der Waals surface area contributed by atoms with E-state index >= 15 is 0 Å². The van der Waals surface area contributed by atoms with Gasteiger partial charge in [-0.2, -0.15) is 0 Å². The Bertz CT molecular complexity index is 1220. The molecule has 8 heteroatoms. The molecule has 2 aromatic carbocycles. The Morgan fingerprint density at radius 1 is 1.09 bits per heavy atom. The number of rotatable bonds is 7. The number of methoxy groups -OCH3 is 1. The zero-order chi connectivity index (χ0) is 23.6. The van der Waals surface area contributed by atoms with Gasteiger partial charge in [0, 0.05) is 24.0 Å². The molecule has 2 N–H and O–H groups in total. The maximum atomic E-state index is 13.2. The molecule has 0 saturated carbocycles. The lowest BCUT2D eigenvalue weighted by atomic mass is 9.95. The number of likely N-dealkylation sites (N-methyl/N-ethyl adjacent to an activating group) is 1. The van der Waals surface area contributed by atoms with Crippen molar-refractivity contribution in [2.45, 2.75) is 32.5 Å². The van der Waals surface area contributed by atoms with Crippen LogP contribution >= 0.6 is 0 Å². The van der Waals surface area contributed by atoms with Gasteiger partial charge in [0.15, 0.2) is 0 Å². The summed E-state index contributed by atoms with van der Waals surface area (Å²) in [7, 11) is 1.59. The molecule has 0 radical (unpaired) electrons. The first-order chi connectivity index (χ1) is 15.9. The van der Waals surface area contributed by atoms with Crippen molar-refractivity contribution in [1.29, 1.82) is 0 Å². The number of amides is 3. The molecule has 1 aliphatic heterocycles. The molecule has 0 fully saturated rings. The Balaban J connectivity index is 1.45. The second-order valence-electron chi connectivity index (χ2n) is 8.31. The molecular weight excluding hydrogens is 420 g/mol. The first kappa shape index (κ1) is 22.4. The summed E-state index contributed by atoms with van der Waals surface area (Å²) < 4.78 is 7.09. The molecule has 1 aliphatic rings. The molecule has 4 rings (SSSR count). The van der Waals surface area contributed by atoms with Gasteiger partial charge in [0.25, 0.3) is 5.91 Å². The summed E-state index contributed by atoms with van der Waals surface area (Å²) in [5.74, 6) is -0.161. The van der Waals surface area contributed by atoms with E-state index in [1.54, 1.807) is 18.9 Å². The topological polar surface area (TPSA) is 92.7 Å². The molecule has 0 spiro atoms. The maximum absolute atomic E-state index is 13.2. The van der Waals surface area contributed by atoms with Crippen LogP contribution in [0.15, 0.2) is 54.6 Å². The quantitative estimate of drug-likeness (QED) is 0.580. The van der Waals surface area contributed by atoms with Gasteiger partial charge in [-0.15, -0.1) is 0 Å². The first-order valence-corrected chi connectivity index (χ1v) is 11.0. The van der Waals surface area contributed by atoms with Crippen molar-refractivity contribution in [3.05, 3.63) is 65.9 Å². The molecule has 172 valence electrons. The molecule has 33 heavy (non-hydrogen) atoms. The van der Waals surface area contributed by atoms with Crippen LogP contribution in [0, 0.1) is 0 Å². The molecule has 3 aromatic rings. The number of fused-ring (bicyclic) bond motifs is 3. The molecule has 0 bridgehead atoms. The lowest BCUT2D eigenvalue weighted by Gasteiger charge is -2.43. The van der Waals surface area contributed by atoms with Gasteiger partial charge in [0.2, 0.25) is 11.8 Å². The zero-order valence-corrected chi connectivity index (χ0v) is 19.1. The van der Waals surface area contributed by atoms with Gasteiger partial charge in [0.05, 0.1) is 20.2 Å². The highest BCUT2D eigenvalue weighted by Crippen LogP contribution is 2.32. The number of carbonyl (C=O) groups excluding carboxylic acids is 3. The van der Waals surface area contributed by atoms with Crippen LogP contribution in [0.3, 0.4) is 0 Å². The second kappa shape index (κ2) is 8.97. The summed E-state index contributed by atoms with van der Waals surface area (Å²) in [6.45, 7) is 4.43. The molecule has 1 aromatic heterocycles. The van der Waals surface area contributed by atoms with Crippen molar-refractivity contribution in [2.24, 2.45) is 0 Å². The first-order valence-electron chi connectivity index (χ1n) is 11.0. The van der Waals surface area contributed by atoms with Crippen LogP contribution in [0.25, 0.3) is 10.9 Å². The second-order valence-corrected chi connectivity index (χ2v) is 8.31. The Kier molecular flexibility index (Phi) is 6.09. The molecule has 3 amide bonds. The number of hydrogen-bond donors (Lipinski definition) is 2. The van der Waals surface area contributed by atoms with Gasteiger partial charge in [-0.05, 0) is 43.7 Å². The fourth-order valence-corrected chi connectivity index (χ4v) is 4.40. The normalized spacial score (nSPS) is 17.5. The average Bonchev–Trinajstić information content (AvgIpc) is 3.20. The van der Waals surface area contributed by atoms with Crippen molar-refractivity contribution in [3.8, 4) is 5.75 Å². The van der Waals surface area contributed by atoms with Crippen molar-refractivity contribution in [1.82, 2.24) is 20.1 Å². The summed E-state index contributed by atoms with van der Waals surface area (Å²) in [5, 5.41) is 6.48. The van der Waals surface area contributed by atoms with Gasteiger partial charge in [-0.1, -0.05) is 30.3 Å². The van der Waals surface area contributed by atoms with Crippen LogP contribution < -0.4 is 15.4 Å². The predicted molar refractivity (Wildman–Crippen MR) is 125 cm³/mol. The third kappa shape index (κ3) is 4.16. The summed E-state index contributed by atoms with van der Waals surface area (Å²) in [6.07, 6.45) is 0. The number of para-hydroxylation sites is 1. The minimum Gasteiger partial charge on any atom is -0.497 e. The van der Waals surface area contributed by atoms with Crippen molar-refractivity contribution in [2.75, 3.05) is 20.2 Å². The van der Waals surface area contributed by atoms with Crippen LogP contribution in [-0.4, -0.2) is 52.9 Å². The fourth-order valence-electron chi connectivity index (χ4n) is 4.40. The highest BCUT2D eigenvalue weighted by atomic mass is 16.5. The van der Waals surface area contributed by atoms with E-state index in [2.05, 4.69) is 10.6 Å². The average molecular weight is 449 g/mol. The van der Waals surface area contributed by atoms with Gasteiger partial charge in [0.1, 0.15) is 17.0 Å². The number of ether oxygens (including phenoxy) is 1. The van der Waals surface area contributed by atoms with E-state index in [4.69, 9.17) is 4.74 Å². The standard InChI is InChI=1S/C25H28N4O4/c1-4-29-23(31)21-13-18-9-5-6-11-20(18)28(21)16-25(29,2)24(32)27-15-22(30)26-14-17-8-7-10-19(12-17)33-3/h5-13H,4,14-16H2,1-3H3,(H,26,30)(H,27,32)/t25-/m0/s1. The number of hydrogen-bond acceptors (Lipinski definition) is 4. The van der Waals surface area contributed by atoms with Crippen LogP contribution in [0.2, 0.25) is 0 Å². The zero-order valence-electron chi connectivity index (χ0n) is 19.1. The molecule has 2 heterocycles. The van der Waals surface area contributed by atoms with E-state index in [1.165, 1.54) is 0 Å². The van der Waals surface area contributed by atoms with E-state index in [9.17, 15) is 14.4 Å². The van der Waals surface area contributed by atoms with E-state index in [1.807, 2.05) is 66.1 Å². The van der Waals surface area contributed by atoms with Crippen molar-refractivity contribution >= 4 is 28.6 Å². The van der Waals surface area contributed by atoms with E-state index in [0.717, 1.165) is 16.5 Å². The molecular formula is C25H28N4O4. The van der Waals surface area contributed by atoms with Crippen LogP contribution in [0.5, 0.6) is 5.75 Å². The third-order valence-corrected chi connectivity index (χ3v) is 6.18. The largest absolute Gasteiger partial charge is 0.497 e. The van der Waals surface area contributed by atoms with E-state index in [0.29, 0.717) is 31.1 Å². The van der Waals surface area contributed by atoms with E-state index in [-0.39, 0.29) is 24.3 Å². The van der Waals surface area contributed by atoms with Gasteiger partial charge >= 0.3 is 0 Å². The Labute approximate surface area is 192 Å². The number of nitrogens with zero attached hydrogens (tertiary/aromatic N) is 2. The van der Waals surface area contributed by atoms with Gasteiger partial charge < -0.3 is 24.8 Å². The Morgan fingerprint density at radius 3 is 2.64 bits per heavy atom. The number of nitrogens with one attached hydrogen (secondary N) is 2. The minimum absolute atomic E-state index is 0.177. The van der Waals surface area contributed by atoms with Crippen LogP contribution in [0.4, 0.5) is 0 Å². The third-order valence-electron chi connectivity index (χ3n) is 6.18. The van der Waals surface area contributed by atoms with Gasteiger partial charge in [-0.25, -0.2) is 0 Å². The highest BCUT2D eigenvalue weighted by molar-refractivity contribution is 6.04. The van der Waals surface area contributed by atoms with Crippen LogP contribution in [-0.2, 0) is 22.7 Å². The van der Waals surface area contributed by atoms with Crippen LogP contribution in [0.1, 0.15) is 29.9 Å². The fraction of sp³-hybridized carbons (Fsp3) is 0.320. The molecule has 1 atom stereocenters. The van der Waals surface area contributed by atoms with E-state index < -0.39 is 5.54 Å². The SMILES string of the molecule is CCN1C(=O)c2cc3ccccc3n2C[C@@]1(C)C(=O)NCC(=O)NCc1cccc(OC)c1.